The Morgan fingerprint density at radius 3 is 2.29 bits per heavy atom. The number of hydrogen-bond donors (Lipinski definition) is 1. The molecule has 8 nitrogen and oxygen atoms in total. The van der Waals surface area contributed by atoms with Crippen molar-refractivity contribution in [2.75, 3.05) is 25.1 Å². The Hall–Kier alpha value is -3.37. The molecule has 1 amide bonds. The summed E-state index contributed by atoms with van der Waals surface area (Å²) in [5, 5.41) is 6.03. The van der Waals surface area contributed by atoms with Crippen molar-refractivity contribution in [1.82, 2.24) is 5.43 Å². The van der Waals surface area contributed by atoms with E-state index in [9.17, 15) is 13.2 Å². The maximum absolute atomic E-state index is 13.7. The van der Waals surface area contributed by atoms with Crippen LogP contribution in [-0.2, 0) is 14.8 Å². The van der Waals surface area contributed by atoms with Gasteiger partial charge in [-0.2, -0.15) is 5.10 Å². The van der Waals surface area contributed by atoms with Gasteiger partial charge in [0, 0.05) is 10.9 Å². The van der Waals surface area contributed by atoms with E-state index in [4.69, 9.17) is 9.47 Å². The number of carbonyl (C=O) groups is 1. The first-order valence-corrected chi connectivity index (χ1v) is 12.7. The fraction of sp³-hybridized carbons (Fsp3) is 0.250. The number of ether oxygens (including phenoxy) is 2. The van der Waals surface area contributed by atoms with E-state index in [-0.39, 0.29) is 10.6 Å². The minimum absolute atomic E-state index is 0.0321. The van der Waals surface area contributed by atoms with E-state index in [2.05, 4.69) is 10.5 Å². The molecule has 0 spiro atoms. The molecule has 0 atom stereocenters. The fourth-order valence-corrected chi connectivity index (χ4v) is 5.46. The second kappa shape index (κ2) is 10.7. The topological polar surface area (TPSA) is 97.3 Å². The minimum Gasteiger partial charge on any atom is -0.493 e. The summed E-state index contributed by atoms with van der Waals surface area (Å²) in [5.41, 5.74) is 5.21. The Balaban J connectivity index is 1.98. The lowest BCUT2D eigenvalue weighted by Gasteiger charge is -2.25. The van der Waals surface area contributed by atoms with Crippen molar-refractivity contribution in [2.24, 2.45) is 5.10 Å². The molecule has 0 aliphatic rings. The Bertz CT molecular complexity index is 1280. The van der Waals surface area contributed by atoms with Gasteiger partial charge in [-0.05, 0) is 67.6 Å². The van der Waals surface area contributed by atoms with E-state index >= 15 is 0 Å². The Morgan fingerprint density at radius 1 is 1.03 bits per heavy atom. The highest BCUT2D eigenvalue weighted by atomic mass is 32.2. The molecular weight excluding hydrogens is 474 g/mol. The third-order valence-corrected chi connectivity index (χ3v) is 7.70. The summed E-state index contributed by atoms with van der Waals surface area (Å²) in [5.74, 6) is 0.0965. The molecule has 1 heterocycles. The maximum Gasteiger partial charge on any atom is 0.264 e. The van der Waals surface area contributed by atoms with Gasteiger partial charge in [-0.1, -0.05) is 12.1 Å². The van der Waals surface area contributed by atoms with Crippen LogP contribution in [0.15, 0.2) is 63.9 Å². The highest BCUT2D eigenvalue weighted by Gasteiger charge is 2.28. The van der Waals surface area contributed by atoms with E-state index in [0.29, 0.717) is 17.1 Å². The molecule has 1 N–H and O–H groups in total. The lowest BCUT2D eigenvalue weighted by Crippen LogP contribution is -2.39. The normalized spacial score (nSPS) is 11.7. The van der Waals surface area contributed by atoms with Crippen LogP contribution >= 0.6 is 11.3 Å². The van der Waals surface area contributed by atoms with Gasteiger partial charge in [-0.25, -0.2) is 13.8 Å². The molecule has 1 aromatic heterocycles. The molecule has 0 aliphatic carbocycles. The highest BCUT2D eigenvalue weighted by Crippen LogP contribution is 2.32. The van der Waals surface area contributed by atoms with E-state index in [1.807, 2.05) is 37.4 Å². The van der Waals surface area contributed by atoms with Crippen LogP contribution in [-0.4, -0.2) is 40.8 Å². The first-order chi connectivity index (χ1) is 16.1. The Labute approximate surface area is 203 Å². The molecule has 2 aromatic carbocycles. The van der Waals surface area contributed by atoms with Gasteiger partial charge >= 0.3 is 0 Å². The van der Waals surface area contributed by atoms with E-state index < -0.39 is 22.5 Å². The summed E-state index contributed by atoms with van der Waals surface area (Å²) in [4.78, 5) is 13.7. The smallest absolute Gasteiger partial charge is 0.264 e. The van der Waals surface area contributed by atoms with Crippen LogP contribution in [0.1, 0.15) is 22.9 Å². The first kappa shape index (κ1) is 25.3. The number of anilines is 1. The standard InChI is InChI=1S/C24H27N3O5S2/c1-16-11-17(2)13-19(12-16)27(15-24(28)26-25-18(3)23-7-6-10-33-23)34(29,30)20-8-9-21(31-4)22(14-20)32-5/h6-14H,15H2,1-5H3,(H,26,28)/b25-18-. The Morgan fingerprint density at radius 2 is 1.71 bits per heavy atom. The van der Waals surface area contributed by atoms with Crippen molar-refractivity contribution in [3.8, 4) is 11.5 Å². The Kier molecular flexibility index (Phi) is 7.95. The van der Waals surface area contributed by atoms with E-state index in [0.717, 1.165) is 20.3 Å². The zero-order chi connectivity index (χ0) is 24.9. The largest absolute Gasteiger partial charge is 0.493 e. The second-order valence-electron chi connectivity index (χ2n) is 7.58. The number of hydrogen-bond acceptors (Lipinski definition) is 7. The summed E-state index contributed by atoms with van der Waals surface area (Å²) in [6.07, 6.45) is 0. The molecule has 10 heteroatoms. The van der Waals surface area contributed by atoms with Crippen molar-refractivity contribution in [3.63, 3.8) is 0 Å². The van der Waals surface area contributed by atoms with Crippen molar-refractivity contribution in [1.29, 1.82) is 0 Å². The van der Waals surface area contributed by atoms with Gasteiger partial charge in [0.2, 0.25) is 0 Å². The summed E-state index contributed by atoms with van der Waals surface area (Å²) in [6, 6.07) is 13.5. The van der Waals surface area contributed by atoms with Gasteiger partial charge in [-0.15, -0.1) is 11.3 Å². The molecule has 0 bridgehead atoms. The number of sulfonamides is 1. The number of methoxy groups -OCH3 is 2. The number of thiophene rings is 1. The number of carbonyl (C=O) groups excluding carboxylic acids is 1. The quantitative estimate of drug-likeness (QED) is 0.351. The third kappa shape index (κ3) is 5.75. The number of nitrogens with zero attached hydrogens (tertiary/aromatic N) is 2. The molecule has 34 heavy (non-hydrogen) atoms. The van der Waals surface area contributed by atoms with Crippen LogP contribution in [0.3, 0.4) is 0 Å². The highest BCUT2D eigenvalue weighted by molar-refractivity contribution is 7.92. The maximum atomic E-state index is 13.7. The summed E-state index contributed by atoms with van der Waals surface area (Å²) < 4.78 is 39.0. The molecule has 0 radical (unpaired) electrons. The number of benzene rings is 2. The van der Waals surface area contributed by atoms with Crippen LogP contribution < -0.4 is 19.2 Å². The molecule has 0 saturated heterocycles. The van der Waals surface area contributed by atoms with Crippen molar-refractivity contribution in [2.45, 2.75) is 25.7 Å². The van der Waals surface area contributed by atoms with Crippen molar-refractivity contribution >= 4 is 38.7 Å². The zero-order valence-corrected chi connectivity index (χ0v) is 21.3. The van der Waals surface area contributed by atoms with Gasteiger partial charge in [0.25, 0.3) is 15.9 Å². The van der Waals surface area contributed by atoms with Gasteiger partial charge < -0.3 is 9.47 Å². The lowest BCUT2D eigenvalue weighted by atomic mass is 10.1. The average molecular weight is 502 g/mol. The first-order valence-electron chi connectivity index (χ1n) is 10.4. The monoisotopic (exact) mass is 501 g/mol. The number of amides is 1. The van der Waals surface area contributed by atoms with Crippen molar-refractivity contribution < 1.29 is 22.7 Å². The number of nitrogens with one attached hydrogen (secondary N) is 1. The predicted molar refractivity (Wildman–Crippen MR) is 135 cm³/mol. The van der Waals surface area contributed by atoms with E-state index in [1.54, 1.807) is 19.1 Å². The lowest BCUT2D eigenvalue weighted by molar-refractivity contribution is -0.119. The summed E-state index contributed by atoms with van der Waals surface area (Å²) >= 11 is 1.49. The fourth-order valence-electron chi connectivity index (χ4n) is 3.37. The molecule has 0 fully saturated rings. The molecule has 0 aliphatic heterocycles. The zero-order valence-electron chi connectivity index (χ0n) is 19.7. The second-order valence-corrected chi connectivity index (χ2v) is 10.4. The van der Waals surface area contributed by atoms with Gasteiger partial charge in [0.1, 0.15) is 6.54 Å². The van der Waals surface area contributed by atoms with Crippen molar-refractivity contribution in [3.05, 3.63) is 69.9 Å². The number of rotatable bonds is 9. The number of hydrazone groups is 1. The third-order valence-electron chi connectivity index (χ3n) is 4.95. The van der Waals surface area contributed by atoms with Crippen LogP contribution in [0.5, 0.6) is 11.5 Å². The average Bonchev–Trinajstić information content (AvgIpc) is 3.34. The van der Waals surface area contributed by atoms with Gasteiger partial charge in [0.05, 0.1) is 30.5 Å². The van der Waals surface area contributed by atoms with Gasteiger partial charge in [-0.3, -0.25) is 9.10 Å². The molecular formula is C24H27N3O5S2. The summed E-state index contributed by atoms with van der Waals surface area (Å²) in [7, 11) is -1.23. The number of aryl methyl sites for hydroxylation is 2. The molecule has 0 saturated carbocycles. The van der Waals surface area contributed by atoms with Crippen LogP contribution in [0, 0.1) is 13.8 Å². The molecule has 0 unspecified atom stereocenters. The SMILES string of the molecule is COc1ccc(S(=O)(=O)N(CC(=O)N/N=C(/C)c2cccs2)c2cc(C)cc(C)c2)cc1OC. The van der Waals surface area contributed by atoms with Crippen LogP contribution in [0.25, 0.3) is 0 Å². The minimum atomic E-state index is -4.13. The predicted octanol–water partition coefficient (Wildman–Crippen LogP) is 4.12. The molecule has 3 aromatic rings. The van der Waals surface area contributed by atoms with Gasteiger partial charge in [0.15, 0.2) is 11.5 Å². The van der Waals surface area contributed by atoms with Crippen LogP contribution in [0.2, 0.25) is 0 Å². The molecule has 180 valence electrons. The van der Waals surface area contributed by atoms with Crippen LogP contribution in [0.4, 0.5) is 5.69 Å². The summed E-state index contributed by atoms with van der Waals surface area (Å²) in [6.45, 7) is 5.05. The van der Waals surface area contributed by atoms with E-state index in [1.165, 1.54) is 43.8 Å². The molecule has 3 rings (SSSR count).